The summed E-state index contributed by atoms with van der Waals surface area (Å²) >= 11 is 0. The summed E-state index contributed by atoms with van der Waals surface area (Å²) in [5.74, 6) is 0. The van der Waals surface area contributed by atoms with Crippen molar-refractivity contribution in [3.63, 3.8) is 0 Å². The summed E-state index contributed by atoms with van der Waals surface area (Å²) in [7, 11) is -3.80. The van der Waals surface area contributed by atoms with Crippen molar-refractivity contribution in [2.45, 2.75) is 37.4 Å². The molecule has 0 unspecified atom stereocenters. The van der Waals surface area contributed by atoms with E-state index in [0.717, 1.165) is 12.8 Å². The van der Waals surface area contributed by atoms with E-state index in [9.17, 15) is 8.42 Å². The molecule has 0 aromatic rings. The molecule has 1 N–H and O–H groups in total. The Kier molecular flexibility index (Phi) is 4.76. The van der Waals surface area contributed by atoms with Gasteiger partial charge in [-0.25, -0.2) is 0 Å². The third kappa shape index (κ3) is 2.75. The molecule has 0 radical (unpaired) electrons. The fraction of sp³-hybridized carbons (Fsp3) is 1.00. The van der Waals surface area contributed by atoms with Gasteiger partial charge >= 0.3 is 51.4 Å². The molecule has 0 aromatic heterocycles. The predicted molar refractivity (Wildman–Crippen MR) is 39.5 cm³/mol. The summed E-state index contributed by atoms with van der Waals surface area (Å²) in [4.78, 5) is 0. The van der Waals surface area contributed by atoms with Crippen molar-refractivity contribution in [2.75, 3.05) is 0 Å². The van der Waals surface area contributed by atoms with Crippen molar-refractivity contribution < 1.29 is 65.8 Å². The largest absolute Gasteiger partial charge is 1.00 e. The van der Waals surface area contributed by atoms with Gasteiger partial charge in [0.15, 0.2) is 0 Å². The van der Waals surface area contributed by atoms with Gasteiger partial charge in [-0.05, 0) is 19.8 Å². The molecule has 3 nitrogen and oxygen atoms in total. The van der Waals surface area contributed by atoms with Crippen molar-refractivity contribution in [3.8, 4) is 0 Å². The zero-order valence-electron chi connectivity index (χ0n) is 8.00. The smallest absolute Gasteiger partial charge is 1.00 e. The van der Waals surface area contributed by atoms with Gasteiger partial charge < -0.3 is 1.43 Å². The van der Waals surface area contributed by atoms with E-state index in [1.54, 1.807) is 6.92 Å². The minimum absolute atomic E-state index is 0. The van der Waals surface area contributed by atoms with Crippen LogP contribution in [-0.4, -0.2) is 17.7 Å². The van der Waals surface area contributed by atoms with Crippen LogP contribution >= 0.6 is 0 Å². The molecule has 62 valence electrons. The average molecular weight is 204 g/mol. The van der Waals surface area contributed by atoms with Crippen molar-refractivity contribution in [1.82, 2.24) is 0 Å². The van der Waals surface area contributed by atoms with Crippen molar-refractivity contribution in [2.24, 2.45) is 0 Å². The van der Waals surface area contributed by atoms with Crippen LogP contribution in [-0.2, 0) is 10.1 Å². The summed E-state index contributed by atoms with van der Waals surface area (Å²) in [6, 6.07) is 0. The summed E-state index contributed by atoms with van der Waals surface area (Å²) < 4.78 is 29.3. The molecule has 1 fully saturated rings. The average Bonchev–Trinajstić information content (AvgIpc) is 2.13. The zero-order chi connectivity index (χ0) is 7.83. The minimum atomic E-state index is -3.80. The van der Waals surface area contributed by atoms with Gasteiger partial charge in [-0.1, -0.05) is 12.8 Å². The van der Waals surface area contributed by atoms with E-state index in [4.69, 9.17) is 4.55 Å². The summed E-state index contributed by atoms with van der Waals surface area (Å²) in [5.41, 5.74) is 0. The molecule has 1 rings (SSSR count). The first-order valence-corrected chi connectivity index (χ1v) is 4.87. The number of hydrogen-bond donors (Lipinski definition) is 1. The normalized spacial score (nSPS) is 22.7. The molecule has 1 aliphatic carbocycles. The Hall–Kier alpha value is 1.55. The molecule has 1 aliphatic rings. The van der Waals surface area contributed by atoms with Gasteiger partial charge in [-0.3, -0.25) is 4.55 Å². The fourth-order valence-corrected chi connectivity index (χ4v) is 2.19. The molecule has 0 aromatic carbocycles. The zero-order valence-corrected chi connectivity index (χ0v) is 10.9. The Morgan fingerprint density at radius 2 is 1.73 bits per heavy atom. The van der Waals surface area contributed by atoms with Crippen molar-refractivity contribution >= 4 is 10.1 Å². The van der Waals surface area contributed by atoms with Crippen LogP contribution < -0.4 is 51.4 Å². The first-order chi connectivity index (χ1) is 4.46. The van der Waals surface area contributed by atoms with Crippen LogP contribution in [0.4, 0.5) is 0 Å². The Morgan fingerprint density at radius 3 is 1.91 bits per heavy atom. The molecule has 11 heavy (non-hydrogen) atoms. The van der Waals surface area contributed by atoms with Crippen LogP contribution in [0, 0.1) is 0 Å². The molecule has 0 bridgehead atoms. The summed E-state index contributed by atoms with van der Waals surface area (Å²) in [5, 5.41) is 0. The van der Waals surface area contributed by atoms with Gasteiger partial charge in [0.25, 0.3) is 10.1 Å². The van der Waals surface area contributed by atoms with Gasteiger partial charge in [0.2, 0.25) is 0 Å². The maximum absolute atomic E-state index is 10.7. The molecule has 5 heteroatoms. The Labute approximate surface area is 112 Å². The quantitative estimate of drug-likeness (QED) is 0.410. The second-order valence-electron chi connectivity index (χ2n) is 3.13. The minimum Gasteiger partial charge on any atom is -1.00 e. The molecule has 0 aliphatic heterocycles. The topological polar surface area (TPSA) is 54.4 Å². The fourth-order valence-electron chi connectivity index (χ4n) is 1.38. The maximum atomic E-state index is 10.7. The summed E-state index contributed by atoms with van der Waals surface area (Å²) in [6.45, 7) is 1.61. The Bertz CT molecular complexity index is 221. The van der Waals surface area contributed by atoms with Crippen LogP contribution in [0.3, 0.4) is 0 Å². The van der Waals surface area contributed by atoms with Crippen LogP contribution in [0.15, 0.2) is 0 Å². The third-order valence-corrected chi connectivity index (χ3v) is 3.94. The van der Waals surface area contributed by atoms with Crippen molar-refractivity contribution in [1.29, 1.82) is 0 Å². The molecule has 1 saturated carbocycles. The van der Waals surface area contributed by atoms with Crippen LogP contribution in [0.2, 0.25) is 0 Å². The summed E-state index contributed by atoms with van der Waals surface area (Å²) in [6.07, 6.45) is 3.03. The first-order valence-electron chi connectivity index (χ1n) is 3.43. The van der Waals surface area contributed by atoms with Gasteiger partial charge in [0.05, 0.1) is 4.75 Å². The van der Waals surface area contributed by atoms with E-state index in [1.807, 2.05) is 0 Å². The van der Waals surface area contributed by atoms with Crippen molar-refractivity contribution in [3.05, 3.63) is 0 Å². The molecular formula is C6H13KO3S. The monoisotopic (exact) mass is 204 g/mol. The van der Waals surface area contributed by atoms with Gasteiger partial charge in [0, 0.05) is 0 Å². The standard InChI is InChI=1S/C6H12O3S.K.H/c1-6(10(7,8)9)4-2-3-5-6;;/h2-5H2,1H3,(H,7,8,9);;/q;+1;-1. The van der Waals surface area contributed by atoms with E-state index in [2.05, 4.69) is 0 Å². The van der Waals surface area contributed by atoms with Crippen LogP contribution in [0.1, 0.15) is 34.0 Å². The Morgan fingerprint density at radius 1 is 1.36 bits per heavy atom. The van der Waals surface area contributed by atoms with Gasteiger partial charge in [0.1, 0.15) is 0 Å². The molecule has 0 saturated heterocycles. The molecule has 0 spiro atoms. The number of rotatable bonds is 1. The van der Waals surface area contributed by atoms with Crippen LogP contribution in [0.5, 0.6) is 0 Å². The number of hydrogen-bond acceptors (Lipinski definition) is 2. The first kappa shape index (κ1) is 12.5. The molecule has 0 heterocycles. The second kappa shape index (κ2) is 4.17. The molecular weight excluding hydrogens is 191 g/mol. The van der Waals surface area contributed by atoms with E-state index >= 15 is 0 Å². The van der Waals surface area contributed by atoms with Gasteiger partial charge in [-0.15, -0.1) is 0 Å². The van der Waals surface area contributed by atoms with E-state index in [1.165, 1.54) is 0 Å². The van der Waals surface area contributed by atoms with E-state index in [-0.39, 0.29) is 52.8 Å². The Balaban J connectivity index is 0. The second-order valence-corrected chi connectivity index (χ2v) is 5.07. The van der Waals surface area contributed by atoms with E-state index < -0.39 is 14.9 Å². The van der Waals surface area contributed by atoms with E-state index in [0.29, 0.717) is 12.8 Å². The molecule has 0 amide bonds. The third-order valence-electron chi connectivity index (χ3n) is 2.28. The SMILES string of the molecule is CC1(S(=O)(=O)O)CCCC1.[H-].[K+]. The van der Waals surface area contributed by atoms with Crippen LogP contribution in [0.25, 0.3) is 0 Å². The maximum Gasteiger partial charge on any atom is 1.00 e. The molecule has 0 atom stereocenters. The predicted octanol–water partition coefficient (Wildman–Crippen LogP) is -1.68. The van der Waals surface area contributed by atoms with Gasteiger partial charge in [-0.2, -0.15) is 8.42 Å².